The zero-order chi connectivity index (χ0) is 15.9. The van der Waals surface area contributed by atoms with Crippen LogP contribution in [0.2, 0.25) is 0 Å². The molecule has 1 aromatic heterocycles. The van der Waals surface area contributed by atoms with Crippen molar-refractivity contribution < 1.29 is 13.5 Å². The third kappa shape index (κ3) is 2.76. The first kappa shape index (κ1) is 15.1. The van der Waals surface area contributed by atoms with Crippen molar-refractivity contribution in [3.63, 3.8) is 0 Å². The maximum atomic E-state index is 11.8. The maximum absolute atomic E-state index is 11.8. The van der Waals surface area contributed by atoms with Gasteiger partial charge in [0.1, 0.15) is 5.52 Å². The van der Waals surface area contributed by atoms with Gasteiger partial charge < -0.3 is 4.42 Å². The number of rotatable bonds is 3. The Hall–Kier alpha value is -1.80. The van der Waals surface area contributed by atoms with Crippen LogP contribution in [-0.4, -0.2) is 42.6 Å². The predicted molar refractivity (Wildman–Crippen MR) is 83.0 cm³/mol. The van der Waals surface area contributed by atoms with Crippen LogP contribution in [0.4, 0.5) is 5.69 Å². The van der Waals surface area contributed by atoms with Crippen LogP contribution in [0.15, 0.2) is 22.6 Å². The third-order valence-electron chi connectivity index (χ3n) is 4.21. The largest absolute Gasteiger partial charge is 0.439 e. The van der Waals surface area contributed by atoms with Gasteiger partial charge >= 0.3 is 0 Å². The van der Waals surface area contributed by atoms with E-state index in [-0.39, 0.29) is 17.0 Å². The van der Waals surface area contributed by atoms with E-state index in [1.54, 1.807) is 6.07 Å². The van der Waals surface area contributed by atoms with Crippen LogP contribution in [0.1, 0.15) is 19.7 Å². The molecule has 0 spiro atoms. The number of nitro benzene ring substituents is 1. The summed E-state index contributed by atoms with van der Waals surface area (Å²) in [5.74, 6) is 1.18. The SMILES string of the molecule is C[C@@H]1[C@@H](C)[S@@](=O)CCN1Cc1nc2cc([N+](=O)[O-])ccc2o1. The Morgan fingerprint density at radius 1 is 1.50 bits per heavy atom. The lowest BCUT2D eigenvalue weighted by atomic mass is 10.2. The second kappa shape index (κ2) is 5.77. The van der Waals surface area contributed by atoms with Gasteiger partial charge in [0.2, 0.25) is 5.89 Å². The number of oxazole rings is 1. The van der Waals surface area contributed by atoms with Gasteiger partial charge in [-0.2, -0.15) is 0 Å². The lowest BCUT2D eigenvalue weighted by Crippen LogP contribution is -2.49. The summed E-state index contributed by atoms with van der Waals surface area (Å²) in [5.41, 5.74) is 1.04. The van der Waals surface area contributed by atoms with Crippen LogP contribution in [0.3, 0.4) is 0 Å². The van der Waals surface area contributed by atoms with Crippen LogP contribution < -0.4 is 0 Å². The summed E-state index contributed by atoms with van der Waals surface area (Å²) >= 11 is 0. The molecule has 3 rings (SSSR count). The highest BCUT2D eigenvalue weighted by Crippen LogP contribution is 2.24. The van der Waals surface area contributed by atoms with Crippen LogP contribution in [0.25, 0.3) is 11.1 Å². The van der Waals surface area contributed by atoms with Crippen molar-refractivity contribution in [2.45, 2.75) is 31.7 Å². The molecule has 0 aliphatic carbocycles. The highest BCUT2D eigenvalue weighted by molar-refractivity contribution is 7.85. The fourth-order valence-corrected chi connectivity index (χ4v) is 4.05. The monoisotopic (exact) mass is 323 g/mol. The smallest absolute Gasteiger partial charge is 0.271 e. The van der Waals surface area contributed by atoms with E-state index in [2.05, 4.69) is 16.8 Å². The van der Waals surface area contributed by atoms with E-state index in [9.17, 15) is 14.3 Å². The van der Waals surface area contributed by atoms with Crippen LogP contribution >= 0.6 is 0 Å². The molecule has 22 heavy (non-hydrogen) atoms. The summed E-state index contributed by atoms with van der Waals surface area (Å²) in [7, 11) is -0.785. The molecule has 0 bridgehead atoms. The molecule has 2 aromatic rings. The molecule has 1 aliphatic heterocycles. The molecule has 1 fully saturated rings. The molecule has 0 unspecified atom stereocenters. The van der Waals surface area contributed by atoms with Crippen molar-refractivity contribution in [1.29, 1.82) is 0 Å². The van der Waals surface area contributed by atoms with E-state index in [1.165, 1.54) is 12.1 Å². The normalized spacial score (nSPS) is 26.4. The molecule has 3 atom stereocenters. The van der Waals surface area contributed by atoms with E-state index < -0.39 is 15.7 Å². The van der Waals surface area contributed by atoms with E-state index in [0.29, 0.717) is 29.3 Å². The highest BCUT2D eigenvalue weighted by Gasteiger charge is 2.30. The lowest BCUT2D eigenvalue weighted by molar-refractivity contribution is -0.384. The number of hydrogen-bond acceptors (Lipinski definition) is 6. The number of aromatic nitrogens is 1. The molecule has 8 heteroatoms. The minimum atomic E-state index is -0.785. The van der Waals surface area contributed by atoms with Crippen molar-refractivity contribution >= 4 is 27.6 Å². The second-order valence-electron chi connectivity index (χ2n) is 5.52. The average Bonchev–Trinajstić information content (AvgIpc) is 2.89. The maximum Gasteiger partial charge on any atom is 0.271 e. The fourth-order valence-electron chi connectivity index (χ4n) is 2.65. The first-order valence-corrected chi connectivity index (χ1v) is 8.49. The number of nitro groups is 1. The minimum Gasteiger partial charge on any atom is -0.439 e. The molecule has 0 N–H and O–H groups in total. The molecule has 1 saturated heterocycles. The molecule has 1 aliphatic rings. The van der Waals surface area contributed by atoms with Gasteiger partial charge in [0, 0.05) is 46.5 Å². The quantitative estimate of drug-likeness (QED) is 0.634. The number of hydrogen-bond donors (Lipinski definition) is 0. The van der Waals surface area contributed by atoms with Gasteiger partial charge in [-0.05, 0) is 19.9 Å². The number of non-ortho nitro benzene ring substituents is 1. The third-order valence-corrected chi connectivity index (χ3v) is 6.02. The van der Waals surface area contributed by atoms with Gasteiger partial charge in [-0.3, -0.25) is 19.2 Å². The number of nitrogens with zero attached hydrogens (tertiary/aromatic N) is 3. The first-order valence-electron chi connectivity index (χ1n) is 7.11. The predicted octanol–water partition coefficient (Wildman–Crippen LogP) is 2.08. The Morgan fingerprint density at radius 3 is 3.00 bits per heavy atom. The summed E-state index contributed by atoms with van der Waals surface area (Å²) in [5, 5.41) is 10.9. The number of benzene rings is 1. The summed E-state index contributed by atoms with van der Waals surface area (Å²) in [4.78, 5) is 16.9. The summed E-state index contributed by atoms with van der Waals surface area (Å²) < 4.78 is 17.5. The minimum absolute atomic E-state index is 0.00251. The van der Waals surface area contributed by atoms with Gasteiger partial charge in [0.05, 0.1) is 11.5 Å². The van der Waals surface area contributed by atoms with E-state index in [1.807, 2.05) is 6.92 Å². The van der Waals surface area contributed by atoms with Crippen molar-refractivity contribution in [3.05, 3.63) is 34.2 Å². The fraction of sp³-hybridized carbons (Fsp3) is 0.500. The van der Waals surface area contributed by atoms with Crippen LogP contribution in [0.5, 0.6) is 0 Å². The zero-order valence-corrected chi connectivity index (χ0v) is 13.2. The Balaban J connectivity index is 1.82. The second-order valence-corrected chi connectivity index (χ2v) is 7.43. The molecule has 0 radical (unpaired) electrons. The summed E-state index contributed by atoms with van der Waals surface area (Å²) in [6, 6.07) is 4.58. The number of fused-ring (bicyclic) bond motifs is 1. The molecular formula is C14H17N3O4S. The molecule has 2 heterocycles. The van der Waals surface area contributed by atoms with Crippen molar-refractivity contribution in [3.8, 4) is 0 Å². The summed E-state index contributed by atoms with van der Waals surface area (Å²) in [6.07, 6.45) is 0. The van der Waals surface area contributed by atoms with Gasteiger partial charge in [0.15, 0.2) is 5.58 Å². The Labute approximate surface area is 129 Å². The average molecular weight is 323 g/mol. The molecule has 0 saturated carbocycles. The van der Waals surface area contributed by atoms with Crippen molar-refractivity contribution in [2.75, 3.05) is 12.3 Å². The lowest BCUT2D eigenvalue weighted by Gasteiger charge is -2.36. The van der Waals surface area contributed by atoms with Gasteiger partial charge in [-0.1, -0.05) is 0 Å². The van der Waals surface area contributed by atoms with Crippen LogP contribution in [0, 0.1) is 10.1 Å². The van der Waals surface area contributed by atoms with E-state index in [4.69, 9.17) is 4.42 Å². The molecule has 118 valence electrons. The highest BCUT2D eigenvalue weighted by atomic mass is 32.2. The van der Waals surface area contributed by atoms with E-state index >= 15 is 0 Å². The molecule has 1 aromatic carbocycles. The van der Waals surface area contributed by atoms with Crippen LogP contribution in [-0.2, 0) is 17.3 Å². The summed E-state index contributed by atoms with van der Waals surface area (Å²) in [6.45, 7) is 5.29. The van der Waals surface area contributed by atoms with Crippen molar-refractivity contribution in [1.82, 2.24) is 9.88 Å². The molecule has 7 nitrogen and oxygen atoms in total. The first-order chi connectivity index (χ1) is 10.5. The van der Waals surface area contributed by atoms with Crippen molar-refractivity contribution in [2.24, 2.45) is 0 Å². The topological polar surface area (TPSA) is 89.5 Å². The molecule has 0 amide bonds. The zero-order valence-electron chi connectivity index (χ0n) is 12.4. The standard InChI is InChI=1S/C14H17N3O4S/c1-9-10(2)22(20)6-5-16(9)8-14-15-12-7-11(17(18)19)3-4-13(12)21-14/h3-4,7,9-10H,5-6,8H2,1-2H3/t9-,10-,22+/m1/s1. The molecular weight excluding hydrogens is 306 g/mol. The van der Waals surface area contributed by atoms with Gasteiger partial charge in [-0.15, -0.1) is 0 Å². The Bertz CT molecular complexity index is 745. The van der Waals surface area contributed by atoms with E-state index in [0.717, 1.165) is 6.54 Å². The Kier molecular flexibility index (Phi) is 3.96. The van der Waals surface area contributed by atoms with Gasteiger partial charge in [-0.25, -0.2) is 4.98 Å². The van der Waals surface area contributed by atoms with Gasteiger partial charge in [0.25, 0.3) is 5.69 Å². The Morgan fingerprint density at radius 2 is 2.27 bits per heavy atom.